The molecule has 0 atom stereocenters. The molecule has 1 N–H and O–H groups in total. The topological polar surface area (TPSA) is 110 Å². The maximum absolute atomic E-state index is 12.6. The molecule has 3 rings (SSSR count). The van der Waals surface area contributed by atoms with Gasteiger partial charge in [0, 0.05) is 36.0 Å². The third-order valence-electron chi connectivity index (χ3n) is 4.66. The number of fused-ring (bicyclic) bond motifs is 1. The first kappa shape index (κ1) is 19.0. The Labute approximate surface area is 157 Å². The summed E-state index contributed by atoms with van der Waals surface area (Å²) in [5.41, 5.74) is 2.79. The van der Waals surface area contributed by atoms with E-state index in [2.05, 4.69) is 5.32 Å². The Hall–Kier alpha value is -2.78. The second kappa shape index (κ2) is 7.09. The van der Waals surface area contributed by atoms with Crippen LogP contribution in [0, 0.1) is 17.0 Å². The van der Waals surface area contributed by atoms with Crippen molar-refractivity contribution in [2.45, 2.75) is 19.9 Å². The molecule has 1 aliphatic heterocycles. The monoisotopic (exact) mass is 389 g/mol. The van der Waals surface area contributed by atoms with Gasteiger partial charge in [-0.3, -0.25) is 14.9 Å². The lowest BCUT2D eigenvalue weighted by atomic mass is 10.00. The van der Waals surface area contributed by atoms with E-state index in [4.69, 9.17) is 0 Å². The molecule has 0 saturated carbocycles. The molecule has 1 heterocycles. The third-order valence-corrected chi connectivity index (χ3v) is 5.91. The van der Waals surface area contributed by atoms with Crippen molar-refractivity contribution < 1.29 is 18.1 Å². The highest BCUT2D eigenvalue weighted by molar-refractivity contribution is 7.88. The van der Waals surface area contributed by atoms with Gasteiger partial charge >= 0.3 is 0 Å². The first-order valence-corrected chi connectivity index (χ1v) is 10.1. The number of benzene rings is 2. The molecule has 9 heteroatoms. The second-order valence-electron chi connectivity index (χ2n) is 6.49. The lowest BCUT2D eigenvalue weighted by Crippen LogP contribution is -2.35. The first-order valence-electron chi connectivity index (χ1n) is 8.29. The first-order chi connectivity index (χ1) is 12.7. The highest BCUT2D eigenvalue weighted by Crippen LogP contribution is 2.26. The molecular formula is C18H19N3O5S. The number of nitro groups is 1. The summed E-state index contributed by atoms with van der Waals surface area (Å²) < 4.78 is 24.9. The summed E-state index contributed by atoms with van der Waals surface area (Å²) in [6.07, 6.45) is 1.79. The average Bonchev–Trinajstić information content (AvgIpc) is 2.60. The minimum absolute atomic E-state index is 0.114. The van der Waals surface area contributed by atoms with Gasteiger partial charge in [-0.2, -0.15) is 4.31 Å². The molecule has 2 aromatic carbocycles. The third kappa shape index (κ3) is 3.99. The molecule has 0 bridgehead atoms. The number of carbonyl (C=O) groups is 1. The quantitative estimate of drug-likeness (QED) is 0.638. The molecule has 0 saturated heterocycles. The van der Waals surface area contributed by atoms with Crippen molar-refractivity contribution >= 4 is 27.3 Å². The van der Waals surface area contributed by atoms with Crippen LogP contribution in [0.3, 0.4) is 0 Å². The van der Waals surface area contributed by atoms with Crippen LogP contribution in [-0.4, -0.2) is 36.4 Å². The van der Waals surface area contributed by atoms with Crippen LogP contribution in [-0.2, 0) is 23.0 Å². The number of rotatable bonds is 4. The zero-order chi connectivity index (χ0) is 19.8. The lowest BCUT2D eigenvalue weighted by Gasteiger charge is -2.27. The number of hydrogen-bond donors (Lipinski definition) is 1. The van der Waals surface area contributed by atoms with Crippen LogP contribution in [0.15, 0.2) is 36.4 Å². The Bertz CT molecular complexity index is 1030. The van der Waals surface area contributed by atoms with Crippen LogP contribution in [0.4, 0.5) is 11.4 Å². The SMILES string of the molecule is Cc1c(C(=O)Nc2ccc3c(c2)CN(S(C)(=O)=O)CC3)cccc1[N+](=O)[O-]. The Morgan fingerprint density at radius 1 is 1.22 bits per heavy atom. The van der Waals surface area contributed by atoms with Crippen LogP contribution in [0.2, 0.25) is 0 Å². The Morgan fingerprint density at radius 3 is 2.63 bits per heavy atom. The van der Waals surface area contributed by atoms with Crippen molar-refractivity contribution in [3.63, 3.8) is 0 Å². The van der Waals surface area contributed by atoms with E-state index in [1.165, 1.54) is 35.7 Å². The van der Waals surface area contributed by atoms with Gasteiger partial charge in [0.15, 0.2) is 0 Å². The molecule has 1 aliphatic rings. The average molecular weight is 389 g/mol. The van der Waals surface area contributed by atoms with Crippen molar-refractivity contribution in [1.29, 1.82) is 0 Å². The standard InChI is InChI=1S/C18H19N3O5S/c1-12-16(4-3-5-17(12)21(23)24)18(22)19-15-7-6-13-8-9-20(27(2,25)26)11-14(13)10-15/h3-7,10H,8-9,11H2,1-2H3,(H,19,22). The largest absolute Gasteiger partial charge is 0.322 e. The zero-order valence-corrected chi connectivity index (χ0v) is 15.7. The summed E-state index contributed by atoms with van der Waals surface area (Å²) in [5, 5.41) is 13.8. The van der Waals surface area contributed by atoms with Gasteiger partial charge in [-0.25, -0.2) is 8.42 Å². The molecular weight excluding hydrogens is 370 g/mol. The molecule has 27 heavy (non-hydrogen) atoms. The highest BCUT2D eigenvalue weighted by atomic mass is 32.2. The van der Waals surface area contributed by atoms with Crippen molar-refractivity contribution in [3.8, 4) is 0 Å². The number of nitrogens with one attached hydrogen (secondary N) is 1. The van der Waals surface area contributed by atoms with E-state index in [0.29, 0.717) is 24.2 Å². The van der Waals surface area contributed by atoms with Crippen molar-refractivity contribution in [1.82, 2.24) is 4.31 Å². The number of anilines is 1. The number of nitro benzene ring substituents is 1. The number of nitrogens with zero attached hydrogens (tertiary/aromatic N) is 2. The molecule has 142 valence electrons. The summed E-state index contributed by atoms with van der Waals surface area (Å²) in [6, 6.07) is 9.71. The highest BCUT2D eigenvalue weighted by Gasteiger charge is 2.24. The van der Waals surface area contributed by atoms with Gasteiger partial charge in [0.2, 0.25) is 10.0 Å². The molecule has 0 radical (unpaired) electrons. The van der Waals surface area contributed by atoms with Crippen molar-refractivity contribution in [2.24, 2.45) is 0 Å². The minimum atomic E-state index is -3.28. The van der Waals surface area contributed by atoms with Gasteiger partial charge in [-0.1, -0.05) is 12.1 Å². The lowest BCUT2D eigenvalue weighted by molar-refractivity contribution is -0.385. The molecule has 0 aromatic heterocycles. The fourth-order valence-corrected chi connectivity index (χ4v) is 3.95. The molecule has 1 amide bonds. The van der Waals surface area contributed by atoms with E-state index in [0.717, 1.165) is 11.1 Å². The molecule has 0 spiro atoms. The normalized spacial score (nSPS) is 14.4. The summed E-state index contributed by atoms with van der Waals surface area (Å²) in [7, 11) is -3.28. The predicted octanol–water partition coefficient (Wildman–Crippen LogP) is 2.47. The van der Waals surface area contributed by atoms with E-state index in [-0.39, 0.29) is 17.8 Å². The van der Waals surface area contributed by atoms with E-state index in [1.807, 2.05) is 6.07 Å². The van der Waals surface area contributed by atoms with Gasteiger partial charge in [0.1, 0.15) is 0 Å². The van der Waals surface area contributed by atoms with E-state index in [1.54, 1.807) is 12.1 Å². The molecule has 2 aromatic rings. The van der Waals surface area contributed by atoms with Gasteiger partial charge in [0.05, 0.1) is 11.2 Å². The summed E-state index contributed by atoms with van der Waals surface area (Å²) in [4.78, 5) is 23.1. The maximum atomic E-state index is 12.6. The fraction of sp³-hybridized carbons (Fsp3) is 0.278. The summed E-state index contributed by atoms with van der Waals surface area (Å²) in [5.74, 6) is -0.452. The van der Waals surface area contributed by atoms with E-state index >= 15 is 0 Å². The molecule has 8 nitrogen and oxygen atoms in total. The number of sulfonamides is 1. The van der Waals surface area contributed by atoms with Gasteiger partial charge in [-0.15, -0.1) is 0 Å². The fourth-order valence-electron chi connectivity index (χ4n) is 3.16. The Kier molecular flexibility index (Phi) is 4.99. The summed E-state index contributed by atoms with van der Waals surface area (Å²) >= 11 is 0. The van der Waals surface area contributed by atoms with Crippen LogP contribution in [0.5, 0.6) is 0 Å². The Morgan fingerprint density at radius 2 is 1.96 bits per heavy atom. The number of carbonyl (C=O) groups excluding carboxylic acids is 1. The van der Waals surface area contributed by atoms with E-state index < -0.39 is 20.9 Å². The minimum Gasteiger partial charge on any atom is -0.322 e. The predicted molar refractivity (Wildman–Crippen MR) is 101 cm³/mol. The summed E-state index contributed by atoms with van der Waals surface area (Å²) in [6.45, 7) is 2.22. The molecule has 0 fully saturated rings. The van der Waals surface area contributed by atoms with Crippen molar-refractivity contribution in [3.05, 3.63) is 68.8 Å². The maximum Gasteiger partial charge on any atom is 0.273 e. The van der Waals surface area contributed by atoms with E-state index in [9.17, 15) is 23.3 Å². The molecule has 0 aliphatic carbocycles. The number of amides is 1. The van der Waals surface area contributed by atoms with Crippen LogP contribution in [0.25, 0.3) is 0 Å². The van der Waals surface area contributed by atoms with Gasteiger partial charge in [-0.05, 0) is 42.7 Å². The second-order valence-corrected chi connectivity index (χ2v) is 8.47. The Balaban J connectivity index is 1.84. The smallest absolute Gasteiger partial charge is 0.273 e. The van der Waals surface area contributed by atoms with Crippen LogP contribution in [0.1, 0.15) is 27.0 Å². The number of hydrogen-bond acceptors (Lipinski definition) is 5. The van der Waals surface area contributed by atoms with Crippen molar-refractivity contribution in [2.75, 3.05) is 18.1 Å². The molecule has 0 unspecified atom stereocenters. The zero-order valence-electron chi connectivity index (χ0n) is 14.9. The van der Waals surface area contributed by atoms with Gasteiger partial charge < -0.3 is 5.32 Å². The van der Waals surface area contributed by atoms with Crippen LogP contribution < -0.4 is 5.32 Å². The van der Waals surface area contributed by atoms with Crippen LogP contribution >= 0.6 is 0 Å². The van der Waals surface area contributed by atoms with Gasteiger partial charge in [0.25, 0.3) is 11.6 Å².